The summed E-state index contributed by atoms with van der Waals surface area (Å²) in [6.07, 6.45) is 9.08. The Kier molecular flexibility index (Phi) is 5.42. The normalized spacial score (nSPS) is 10.8. The van der Waals surface area contributed by atoms with Gasteiger partial charge >= 0.3 is 0 Å². The van der Waals surface area contributed by atoms with Crippen molar-refractivity contribution in [3.63, 3.8) is 0 Å². The number of rotatable bonds is 5. The van der Waals surface area contributed by atoms with E-state index in [1.807, 2.05) is 17.8 Å². The van der Waals surface area contributed by atoms with E-state index in [2.05, 4.69) is 42.7 Å². The van der Waals surface area contributed by atoms with Crippen molar-refractivity contribution >= 4 is 17.8 Å². The predicted octanol–water partition coefficient (Wildman–Crippen LogP) is 3.84. The molecule has 1 rings (SSSR count). The van der Waals surface area contributed by atoms with Gasteiger partial charge in [0.15, 0.2) is 0 Å². The van der Waals surface area contributed by atoms with E-state index in [4.69, 9.17) is 0 Å². The van der Waals surface area contributed by atoms with Crippen LogP contribution >= 0.6 is 11.8 Å². The lowest BCUT2D eigenvalue weighted by molar-refractivity contribution is 0.977. The van der Waals surface area contributed by atoms with E-state index < -0.39 is 0 Å². The van der Waals surface area contributed by atoms with Gasteiger partial charge in [-0.15, -0.1) is 0 Å². The van der Waals surface area contributed by atoms with Crippen LogP contribution in [0.4, 0.5) is 0 Å². The maximum Gasteiger partial charge on any atom is -0.00674 e. The third-order valence-electron chi connectivity index (χ3n) is 1.83. The van der Waals surface area contributed by atoms with Crippen molar-refractivity contribution in [3.8, 4) is 0 Å². The summed E-state index contributed by atoms with van der Waals surface area (Å²) in [5.74, 6) is 1.26. The largest absolute Gasteiger partial charge is 0.165 e. The number of allylic oxidation sites excluding steroid dienone is 1. The maximum atomic E-state index is 2.26. The summed E-state index contributed by atoms with van der Waals surface area (Å²) in [7, 11) is 0. The zero-order valence-electron chi connectivity index (χ0n) is 8.07. The van der Waals surface area contributed by atoms with Gasteiger partial charge in [-0.3, -0.25) is 0 Å². The van der Waals surface area contributed by atoms with Crippen LogP contribution in [0.3, 0.4) is 0 Å². The van der Waals surface area contributed by atoms with Crippen molar-refractivity contribution in [2.45, 2.75) is 12.8 Å². The van der Waals surface area contributed by atoms with Gasteiger partial charge in [0.1, 0.15) is 0 Å². The Hall–Kier alpha value is -0.690. The van der Waals surface area contributed by atoms with Crippen LogP contribution in [0.1, 0.15) is 18.4 Å². The first kappa shape index (κ1) is 10.4. The molecule has 0 radical (unpaired) electrons. The Morgan fingerprint density at radius 3 is 2.69 bits per heavy atom. The first-order valence-corrected chi connectivity index (χ1v) is 6.03. The van der Waals surface area contributed by atoms with Gasteiger partial charge in [0.25, 0.3) is 0 Å². The van der Waals surface area contributed by atoms with Gasteiger partial charge in [-0.2, -0.15) is 11.8 Å². The molecule has 0 unspecified atom stereocenters. The number of hydrogen-bond acceptors (Lipinski definition) is 1. The number of hydrogen-bond donors (Lipinski definition) is 0. The lowest BCUT2D eigenvalue weighted by atomic mass is 10.2. The minimum atomic E-state index is 1.19. The maximum absolute atomic E-state index is 2.26. The molecule has 0 atom stereocenters. The predicted molar refractivity (Wildman–Crippen MR) is 63.1 cm³/mol. The highest BCUT2D eigenvalue weighted by Gasteiger charge is 1.83. The average molecular weight is 192 g/mol. The monoisotopic (exact) mass is 192 g/mol. The van der Waals surface area contributed by atoms with Crippen molar-refractivity contribution in [1.29, 1.82) is 0 Å². The summed E-state index contributed by atoms with van der Waals surface area (Å²) < 4.78 is 0. The van der Waals surface area contributed by atoms with Gasteiger partial charge in [-0.25, -0.2) is 0 Å². The fourth-order valence-corrected chi connectivity index (χ4v) is 1.58. The molecule has 0 spiro atoms. The van der Waals surface area contributed by atoms with Crippen LogP contribution in [0, 0.1) is 0 Å². The molecule has 1 aromatic carbocycles. The average Bonchev–Trinajstić information content (AvgIpc) is 2.19. The van der Waals surface area contributed by atoms with Gasteiger partial charge < -0.3 is 0 Å². The smallest absolute Gasteiger partial charge is 0.00674 e. The Morgan fingerprint density at radius 1 is 1.23 bits per heavy atom. The summed E-state index contributed by atoms with van der Waals surface area (Å²) in [5.41, 5.74) is 1.30. The SMILES string of the molecule is CSCCC/C=C/c1ccccc1. The second kappa shape index (κ2) is 6.79. The zero-order chi connectivity index (χ0) is 9.36. The molecule has 0 N–H and O–H groups in total. The standard InChI is InChI=1S/C12H16S/c1-13-11-7-3-6-10-12-8-4-2-5-9-12/h2,4-6,8-10H,3,7,11H2,1H3/b10-6+. The third-order valence-corrected chi connectivity index (χ3v) is 2.53. The Labute approximate surface area is 85.1 Å². The van der Waals surface area contributed by atoms with E-state index in [1.54, 1.807) is 0 Å². The highest BCUT2D eigenvalue weighted by Crippen LogP contribution is 2.04. The van der Waals surface area contributed by atoms with Crippen LogP contribution in [0.2, 0.25) is 0 Å². The van der Waals surface area contributed by atoms with Gasteiger partial charge in [0.2, 0.25) is 0 Å². The van der Waals surface area contributed by atoms with Crippen molar-refractivity contribution in [1.82, 2.24) is 0 Å². The number of benzene rings is 1. The van der Waals surface area contributed by atoms with Crippen molar-refractivity contribution < 1.29 is 0 Å². The summed E-state index contributed by atoms with van der Waals surface area (Å²) in [6, 6.07) is 10.4. The summed E-state index contributed by atoms with van der Waals surface area (Å²) in [6.45, 7) is 0. The van der Waals surface area contributed by atoms with Crippen molar-refractivity contribution in [3.05, 3.63) is 42.0 Å². The third kappa shape index (κ3) is 4.79. The van der Waals surface area contributed by atoms with Gasteiger partial charge in [0.05, 0.1) is 0 Å². The first-order chi connectivity index (χ1) is 6.43. The van der Waals surface area contributed by atoms with Crippen LogP contribution < -0.4 is 0 Å². The molecular formula is C12H16S. The van der Waals surface area contributed by atoms with Crippen molar-refractivity contribution in [2.75, 3.05) is 12.0 Å². The Balaban J connectivity index is 2.25. The van der Waals surface area contributed by atoms with E-state index in [0.29, 0.717) is 0 Å². The minimum Gasteiger partial charge on any atom is -0.165 e. The van der Waals surface area contributed by atoms with Gasteiger partial charge in [-0.05, 0) is 30.4 Å². The molecule has 0 aliphatic carbocycles. The fraction of sp³-hybridized carbons (Fsp3) is 0.333. The molecule has 0 heterocycles. The van der Waals surface area contributed by atoms with E-state index in [0.717, 1.165) is 0 Å². The molecule has 0 amide bonds. The molecule has 0 bridgehead atoms. The molecule has 70 valence electrons. The molecule has 0 aromatic heterocycles. The lowest BCUT2D eigenvalue weighted by Gasteiger charge is -1.92. The van der Waals surface area contributed by atoms with Crippen LogP contribution in [0.25, 0.3) is 6.08 Å². The quantitative estimate of drug-likeness (QED) is 0.639. The molecule has 0 saturated heterocycles. The van der Waals surface area contributed by atoms with Crippen molar-refractivity contribution in [2.24, 2.45) is 0 Å². The highest BCUT2D eigenvalue weighted by atomic mass is 32.2. The molecule has 1 heteroatoms. The number of unbranched alkanes of at least 4 members (excludes halogenated alkanes) is 1. The Bertz CT molecular complexity index is 239. The second-order valence-electron chi connectivity index (χ2n) is 2.95. The molecule has 0 nitrogen and oxygen atoms in total. The fourth-order valence-electron chi connectivity index (χ4n) is 1.13. The Morgan fingerprint density at radius 2 is 2.00 bits per heavy atom. The number of thioether (sulfide) groups is 1. The molecule has 0 saturated carbocycles. The molecule has 0 aliphatic heterocycles. The summed E-state index contributed by atoms with van der Waals surface area (Å²) in [4.78, 5) is 0. The summed E-state index contributed by atoms with van der Waals surface area (Å²) in [5, 5.41) is 0. The van der Waals surface area contributed by atoms with Gasteiger partial charge in [0, 0.05) is 0 Å². The minimum absolute atomic E-state index is 1.19. The molecule has 13 heavy (non-hydrogen) atoms. The second-order valence-corrected chi connectivity index (χ2v) is 3.93. The molecular weight excluding hydrogens is 176 g/mol. The first-order valence-electron chi connectivity index (χ1n) is 4.64. The van der Waals surface area contributed by atoms with Crippen LogP contribution in [0.15, 0.2) is 36.4 Å². The molecule has 0 fully saturated rings. The lowest BCUT2D eigenvalue weighted by Crippen LogP contribution is -1.75. The topological polar surface area (TPSA) is 0 Å². The van der Waals surface area contributed by atoms with Crippen LogP contribution in [-0.4, -0.2) is 12.0 Å². The van der Waals surface area contributed by atoms with E-state index in [9.17, 15) is 0 Å². The highest BCUT2D eigenvalue weighted by molar-refractivity contribution is 7.98. The van der Waals surface area contributed by atoms with E-state index >= 15 is 0 Å². The van der Waals surface area contributed by atoms with Crippen LogP contribution in [-0.2, 0) is 0 Å². The summed E-state index contributed by atoms with van der Waals surface area (Å²) >= 11 is 1.91. The van der Waals surface area contributed by atoms with E-state index in [1.165, 1.54) is 24.2 Å². The van der Waals surface area contributed by atoms with Crippen LogP contribution in [0.5, 0.6) is 0 Å². The molecule has 0 aliphatic rings. The molecule has 1 aromatic rings. The van der Waals surface area contributed by atoms with Gasteiger partial charge in [-0.1, -0.05) is 42.5 Å². The zero-order valence-corrected chi connectivity index (χ0v) is 8.89. The van der Waals surface area contributed by atoms with E-state index in [-0.39, 0.29) is 0 Å².